The quantitative estimate of drug-likeness (QED) is 0.410. The summed E-state index contributed by atoms with van der Waals surface area (Å²) in [5.74, 6) is -0.860. The van der Waals surface area contributed by atoms with Gasteiger partial charge in [-0.15, -0.1) is 11.3 Å². The molecule has 2 rings (SSSR count). The number of sulfonamides is 1. The molecule has 0 bridgehead atoms. The van der Waals surface area contributed by atoms with Crippen LogP contribution in [0, 0.1) is 0 Å². The summed E-state index contributed by atoms with van der Waals surface area (Å²) in [5.41, 5.74) is 3.71. The second-order valence-electron chi connectivity index (χ2n) is 7.05. The lowest BCUT2D eigenvalue weighted by molar-refractivity contribution is 0.0956. The average Bonchev–Trinajstić information content (AvgIpc) is 3.20. The summed E-state index contributed by atoms with van der Waals surface area (Å²) in [6, 6.07) is 7.40. The van der Waals surface area contributed by atoms with Crippen LogP contribution in [0.25, 0.3) is 0 Å². The maximum Gasteiger partial charge on any atom is 0.274 e. The molecule has 31 heavy (non-hydrogen) atoms. The minimum absolute atomic E-state index is 0.148. The summed E-state index contributed by atoms with van der Waals surface area (Å²) < 4.78 is 27.2. The number of thiophene rings is 1. The van der Waals surface area contributed by atoms with E-state index >= 15 is 0 Å². The predicted molar refractivity (Wildman–Crippen MR) is 124 cm³/mol. The molecule has 8 nitrogen and oxygen atoms in total. The number of benzene rings is 1. The molecule has 168 valence electrons. The van der Waals surface area contributed by atoms with Gasteiger partial charge in [-0.1, -0.05) is 13.8 Å². The van der Waals surface area contributed by atoms with Gasteiger partial charge in [-0.25, -0.2) is 13.8 Å². The molecular weight excluding hydrogens is 436 g/mol. The standard InChI is InChI=1S/C21H28N4O4S2/c1-5-12-25(13-6-2)31(28,29)17-9-7-16(8-10-17)19(26)22-21-18(11-14-30-21)20(27)24-23-15(3)4/h7-11,14H,5-6,12-13H2,1-4H3,(H,22,26)(H,24,27). The van der Waals surface area contributed by atoms with Crippen LogP contribution in [0.1, 0.15) is 61.3 Å². The zero-order chi connectivity index (χ0) is 23.0. The van der Waals surface area contributed by atoms with E-state index in [2.05, 4.69) is 15.8 Å². The molecule has 0 aliphatic heterocycles. The number of hydrogen-bond donors (Lipinski definition) is 2. The summed E-state index contributed by atoms with van der Waals surface area (Å²) in [5, 5.41) is 8.67. The molecule has 0 fully saturated rings. The third kappa shape index (κ3) is 6.46. The molecule has 0 radical (unpaired) electrons. The molecule has 0 unspecified atom stereocenters. The molecule has 0 saturated heterocycles. The van der Waals surface area contributed by atoms with Crippen molar-refractivity contribution < 1.29 is 18.0 Å². The summed E-state index contributed by atoms with van der Waals surface area (Å²) >= 11 is 1.21. The van der Waals surface area contributed by atoms with Crippen molar-refractivity contribution in [2.75, 3.05) is 18.4 Å². The van der Waals surface area contributed by atoms with E-state index < -0.39 is 21.8 Å². The molecular formula is C21H28N4O4S2. The topological polar surface area (TPSA) is 108 Å². The third-order valence-corrected chi connectivity index (χ3v) is 6.96. The Hall–Kier alpha value is -2.56. The molecule has 2 aromatic rings. The van der Waals surface area contributed by atoms with Crippen LogP contribution in [0.4, 0.5) is 5.00 Å². The van der Waals surface area contributed by atoms with Crippen molar-refractivity contribution >= 4 is 43.9 Å². The zero-order valence-corrected chi connectivity index (χ0v) is 19.8. The molecule has 0 aliphatic rings. The van der Waals surface area contributed by atoms with Crippen molar-refractivity contribution in [2.24, 2.45) is 5.10 Å². The average molecular weight is 465 g/mol. The molecule has 10 heteroatoms. The van der Waals surface area contributed by atoms with Gasteiger partial charge in [0.25, 0.3) is 11.8 Å². The second kappa shape index (κ2) is 11.2. The second-order valence-corrected chi connectivity index (χ2v) is 9.90. The third-order valence-electron chi connectivity index (χ3n) is 4.22. The molecule has 1 aromatic heterocycles. The van der Waals surface area contributed by atoms with E-state index in [9.17, 15) is 18.0 Å². The van der Waals surface area contributed by atoms with Crippen molar-refractivity contribution in [2.45, 2.75) is 45.4 Å². The number of anilines is 1. The normalized spacial score (nSPS) is 11.3. The van der Waals surface area contributed by atoms with E-state index in [1.807, 2.05) is 13.8 Å². The summed E-state index contributed by atoms with van der Waals surface area (Å²) in [6.07, 6.45) is 1.44. The van der Waals surface area contributed by atoms with E-state index in [-0.39, 0.29) is 4.90 Å². The Labute approximate surface area is 187 Å². The monoisotopic (exact) mass is 464 g/mol. The Bertz CT molecular complexity index is 1030. The van der Waals surface area contributed by atoms with Crippen LogP contribution in [-0.2, 0) is 10.0 Å². The SMILES string of the molecule is CCCN(CCC)S(=O)(=O)c1ccc(C(=O)Nc2sccc2C(=O)NN=C(C)C)cc1. The van der Waals surface area contributed by atoms with E-state index in [0.717, 1.165) is 12.8 Å². The summed E-state index contributed by atoms with van der Waals surface area (Å²) in [4.78, 5) is 25.0. The van der Waals surface area contributed by atoms with Crippen molar-refractivity contribution in [3.8, 4) is 0 Å². The molecule has 2 N–H and O–H groups in total. The first-order valence-electron chi connectivity index (χ1n) is 10.0. The van der Waals surface area contributed by atoms with Crippen LogP contribution in [0.5, 0.6) is 0 Å². The number of hydrazone groups is 1. The number of amides is 2. The number of carbonyl (C=O) groups excluding carboxylic acids is 2. The van der Waals surface area contributed by atoms with Gasteiger partial charge in [-0.3, -0.25) is 9.59 Å². The lowest BCUT2D eigenvalue weighted by Crippen LogP contribution is -2.32. The Morgan fingerprint density at radius 2 is 1.61 bits per heavy atom. The predicted octanol–water partition coefficient (Wildman–Crippen LogP) is 3.94. The summed E-state index contributed by atoms with van der Waals surface area (Å²) in [6.45, 7) is 8.27. The van der Waals surface area contributed by atoms with Crippen molar-refractivity contribution in [3.63, 3.8) is 0 Å². The fourth-order valence-electron chi connectivity index (χ4n) is 2.76. The molecule has 1 heterocycles. The van der Waals surface area contributed by atoms with Gasteiger partial charge in [0.15, 0.2) is 0 Å². The Kier molecular flexibility index (Phi) is 8.90. The van der Waals surface area contributed by atoms with Crippen LogP contribution in [0.3, 0.4) is 0 Å². The Morgan fingerprint density at radius 1 is 1.00 bits per heavy atom. The smallest absolute Gasteiger partial charge is 0.274 e. The number of hydrogen-bond acceptors (Lipinski definition) is 6. The molecule has 1 aromatic carbocycles. The highest BCUT2D eigenvalue weighted by Crippen LogP contribution is 2.24. The van der Waals surface area contributed by atoms with Gasteiger partial charge in [-0.2, -0.15) is 9.41 Å². The zero-order valence-electron chi connectivity index (χ0n) is 18.1. The Morgan fingerprint density at radius 3 is 2.16 bits per heavy atom. The van der Waals surface area contributed by atoms with Crippen LogP contribution in [0.15, 0.2) is 45.7 Å². The van der Waals surface area contributed by atoms with Crippen LogP contribution < -0.4 is 10.7 Å². The summed E-state index contributed by atoms with van der Waals surface area (Å²) in [7, 11) is -3.61. The van der Waals surface area contributed by atoms with Crippen molar-refractivity contribution in [3.05, 3.63) is 46.8 Å². The van der Waals surface area contributed by atoms with Crippen molar-refractivity contribution in [1.82, 2.24) is 9.73 Å². The fourth-order valence-corrected chi connectivity index (χ4v) is 5.16. The minimum atomic E-state index is -3.61. The number of rotatable bonds is 10. The van der Waals surface area contributed by atoms with E-state index in [1.165, 1.54) is 39.9 Å². The van der Waals surface area contributed by atoms with Gasteiger partial charge >= 0.3 is 0 Å². The number of nitrogens with one attached hydrogen (secondary N) is 2. The first-order valence-corrected chi connectivity index (χ1v) is 12.3. The molecule has 2 amide bonds. The molecule has 0 spiro atoms. The molecule has 0 atom stereocenters. The first kappa shape index (κ1) is 24.7. The highest BCUT2D eigenvalue weighted by Gasteiger charge is 2.23. The maximum absolute atomic E-state index is 12.9. The van der Waals surface area contributed by atoms with Crippen LogP contribution in [0.2, 0.25) is 0 Å². The van der Waals surface area contributed by atoms with Gasteiger partial charge in [0, 0.05) is 24.4 Å². The van der Waals surface area contributed by atoms with Gasteiger partial charge < -0.3 is 5.32 Å². The van der Waals surface area contributed by atoms with Crippen LogP contribution >= 0.6 is 11.3 Å². The van der Waals surface area contributed by atoms with Gasteiger partial charge in [0.1, 0.15) is 5.00 Å². The van der Waals surface area contributed by atoms with E-state index in [1.54, 1.807) is 25.3 Å². The maximum atomic E-state index is 12.9. The largest absolute Gasteiger partial charge is 0.313 e. The van der Waals surface area contributed by atoms with E-state index in [4.69, 9.17) is 0 Å². The van der Waals surface area contributed by atoms with Gasteiger partial charge in [0.2, 0.25) is 10.0 Å². The molecule has 0 saturated carbocycles. The molecule has 0 aliphatic carbocycles. The number of nitrogens with zero attached hydrogens (tertiary/aromatic N) is 2. The van der Waals surface area contributed by atoms with Gasteiger partial charge in [0.05, 0.1) is 10.5 Å². The van der Waals surface area contributed by atoms with Crippen LogP contribution in [-0.4, -0.2) is 43.3 Å². The number of carbonyl (C=O) groups is 2. The highest BCUT2D eigenvalue weighted by molar-refractivity contribution is 7.89. The van der Waals surface area contributed by atoms with Crippen molar-refractivity contribution in [1.29, 1.82) is 0 Å². The highest BCUT2D eigenvalue weighted by atomic mass is 32.2. The minimum Gasteiger partial charge on any atom is -0.313 e. The lowest BCUT2D eigenvalue weighted by atomic mass is 10.2. The Balaban J connectivity index is 2.16. The first-order chi connectivity index (χ1) is 14.7. The van der Waals surface area contributed by atoms with Gasteiger partial charge in [-0.05, 0) is 62.4 Å². The van der Waals surface area contributed by atoms with E-state index in [0.29, 0.717) is 34.9 Å². The fraction of sp³-hybridized carbons (Fsp3) is 0.381. The lowest BCUT2D eigenvalue weighted by Gasteiger charge is -2.21.